The summed E-state index contributed by atoms with van der Waals surface area (Å²) in [6.45, 7) is 0.0854. The molecule has 1 fully saturated rings. The van der Waals surface area contributed by atoms with Gasteiger partial charge < -0.3 is 10.0 Å². The number of hydrogen-bond acceptors (Lipinski definition) is 3. The van der Waals surface area contributed by atoms with Gasteiger partial charge in [0.25, 0.3) is 5.91 Å². The number of aliphatic hydroxyl groups is 1. The molecule has 3 rings (SSSR count). The summed E-state index contributed by atoms with van der Waals surface area (Å²) >= 11 is 0. The molecule has 4 nitrogen and oxygen atoms in total. The fourth-order valence-electron chi connectivity index (χ4n) is 2.94. The fourth-order valence-corrected chi connectivity index (χ4v) is 2.94. The Labute approximate surface area is 136 Å². The van der Waals surface area contributed by atoms with Crippen LogP contribution in [0.3, 0.4) is 0 Å². The van der Waals surface area contributed by atoms with Crippen LogP contribution in [-0.2, 0) is 6.18 Å². The Bertz CT molecular complexity index is 734. The SMILES string of the molecule is O=C(c1ccncc1)N1C[C@@H](O)C[C@H]1c1cccc(C(F)(F)F)c1. The zero-order chi connectivity index (χ0) is 17.3. The number of pyridine rings is 1. The van der Waals surface area contributed by atoms with Crippen molar-refractivity contribution in [3.05, 3.63) is 65.5 Å². The van der Waals surface area contributed by atoms with Crippen LogP contribution in [0.25, 0.3) is 0 Å². The van der Waals surface area contributed by atoms with Gasteiger partial charge >= 0.3 is 6.18 Å². The molecule has 1 aromatic heterocycles. The van der Waals surface area contributed by atoms with E-state index in [1.165, 1.54) is 35.5 Å². The van der Waals surface area contributed by atoms with Crippen molar-refractivity contribution in [3.63, 3.8) is 0 Å². The summed E-state index contributed by atoms with van der Waals surface area (Å²) in [5.74, 6) is -0.337. The van der Waals surface area contributed by atoms with Crippen LogP contribution in [0.5, 0.6) is 0 Å². The predicted octanol–water partition coefficient (Wildman–Crippen LogP) is 3.05. The Balaban J connectivity index is 1.93. The third-order valence-corrected chi connectivity index (χ3v) is 4.07. The highest BCUT2D eigenvalue weighted by atomic mass is 19.4. The average molecular weight is 336 g/mol. The van der Waals surface area contributed by atoms with Crippen molar-refractivity contribution >= 4 is 5.91 Å². The first-order valence-corrected chi connectivity index (χ1v) is 7.42. The number of alkyl halides is 3. The summed E-state index contributed by atoms with van der Waals surface area (Å²) < 4.78 is 38.7. The molecule has 1 aliphatic heterocycles. The smallest absolute Gasteiger partial charge is 0.391 e. The van der Waals surface area contributed by atoms with Crippen LogP contribution >= 0.6 is 0 Å². The van der Waals surface area contributed by atoms with Gasteiger partial charge in [-0.25, -0.2) is 0 Å². The third-order valence-electron chi connectivity index (χ3n) is 4.07. The topological polar surface area (TPSA) is 53.4 Å². The van der Waals surface area contributed by atoms with Crippen molar-refractivity contribution in [3.8, 4) is 0 Å². The Kier molecular flexibility index (Phi) is 4.28. The number of rotatable bonds is 2. The highest BCUT2D eigenvalue weighted by Crippen LogP contribution is 2.36. The third kappa shape index (κ3) is 3.26. The van der Waals surface area contributed by atoms with E-state index in [0.717, 1.165) is 12.1 Å². The highest BCUT2D eigenvalue weighted by molar-refractivity contribution is 5.94. The van der Waals surface area contributed by atoms with E-state index in [0.29, 0.717) is 11.1 Å². The van der Waals surface area contributed by atoms with Gasteiger partial charge in [-0.15, -0.1) is 0 Å². The van der Waals surface area contributed by atoms with E-state index >= 15 is 0 Å². The first-order valence-electron chi connectivity index (χ1n) is 7.42. The number of likely N-dealkylation sites (tertiary alicyclic amines) is 1. The number of carbonyl (C=O) groups excluding carboxylic acids is 1. The molecule has 1 N–H and O–H groups in total. The number of aromatic nitrogens is 1. The number of nitrogens with zero attached hydrogens (tertiary/aromatic N) is 2. The molecule has 1 saturated heterocycles. The molecule has 2 aromatic rings. The van der Waals surface area contributed by atoms with E-state index in [9.17, 15) is 23.1 Å². The number of carbonyl (C=O) groups is 1. The van der Waals surface area contributed by atoms with E-state index in [2.05, 4.69) is 4.98 Å². The van der Waals surface area contributed by atoms with E-state index in [4.69, 9.17) is 0 Å². The second-order valence-electron chi connectivity index (χ2n) is 5.72. The quantitative estimate of drug-likeness (QED) is 0.917. The molecule has 0 radical (unpaired) electrons. The molecule has 24 heavy (non-hydrogen) atoms. The predicted molar refractivity (Wildman–Crippen MR) is 80.1 cm³/mol. The lowest BCUT2D eigenvalue weighted by atomic mass is 10.0. The van der Waals surface area contributed by atoms with Gasteiger partial charge in [0.1, 0.15) is 0 Å². The first kappa shape index (κ1) is 16.4. The zero-order valence-electron chi connectivity index (χ0n) is 12.6. The lowest BCUT2D eigenvalue weighted by Crippen LogP contribution is -2.31. The molecule has 1 aromatic carbocycles. The maximum atomic E-state index is 12.9. The molecule has 0 aliphatic carbocycles. The van der Waals surface area contributed by atoms with Crippen LogP contribution in [0.15, 0.2) is 48.8 Å². The van der Waals surface area contributed by atoms with Crippen molar-refractivity contribution in [1.82, 2.24) is 9.88 Å². The number of hydrogen-bond donors (Lipinski definition) is 1. The summed E-state index contributed by atoms with van der Waals surface area (Å²) in [7, 11) is 0. The van der Waals surface area contributed by atoms with Crippen molar-refractivity contribution < 1.29 is 23.1 Å². The Hall–Kier alpha value is -2.41. The maximum Gasteiger partial charge on any atom is 0.416 e. The average Bonchev–Trinajstić information content (AvgIpc) is 2.96. The molecule has 2 heterocycles. The summed E-state index contributed by atoms with van der Waals surface area (Å²) in [4.78, 5) is 17.9. The minimum atomic E-state index is -4.45. The second-order valence-corrected chi connectivity index (χ2v) is 5.72. The number of amides is 1. The van der Waals surface area contributed by atoms with Gasteiger partial charge in [0.15, 0.2) is 0 Å². The standard InChI is InChI=1S/C17H15F3N2O2/c18-17(19,20)13-3-1-2-12(8-13)15-9-14(23)10-22(15)16(24)11-4-6-21-7-5-11/h1-8,14-15,23H,9-10H2/t14-,15-/m0/s1. The molecule has 0 saturated carbocycles. The lowest BCUT2D eigenvalue weighted by molar-refractivity contribution is -0.137. The van der Waals surface area contributed by atoms with Gasteiger partial charge in [-0.2, -0.15) is 13.2 Å². The number of benzene rings is 1. The van der Waals surface area contributed by atoms with Crippen molar-refractivity contribution in [1.29, 1.82) is 0 Å². The highest BCUT2D eigenvalue weighted by Gasteiger charge is 2.37. The van der Waals surface area contributed by atoms with Gasteiger partial charge in [0.05, 0.1) is 17.7 Å². The Morgan fingerprint density at radius 1 is 1.21 bits per heavy atom. The molecular formula is C17H15F3N2O2. The molecular weight excluding hydrogens is 321 g/mol. The number of β-amino-alcohol motifs (C(OH)–C–C–N with tert-alkyl or cyclic N) is 1. The van der Waals surface area contributed by atoms with E-state index in [-0.39, 0.29) is 18.9 Å². The van der Waals surface area contributed by atoms with Crippen LogP contribution in [0.1, 0.15) is 33.9 Å². The van der Waals surface area contributed by atoms with Crippen LogP contribution in [0, 0.1) is 0 Å². The molecule has 0 unspecified atom stereocenters. The number of halogens is 3. The van der Waals surface area contributed by atoms with Gasteiger partial charge in [0.2, 0.25) is 0 Å². The maximum absolute atomic E-state index is 12.9. The van der Waals surface area contributed by atoms with Crippen LogP contribution in [0.4, 0.5) is 13.2 Å². The molecule has 1 aliphatic rings. The van der Waals surface area contributed by atoms with Crippen molar-refractivity contribution in [2.24, 2.45) is 0 Å². The van der Waals surface area contributed by atoms with E-state index < -0.39 is 23.9 Å². The molecule has 7 heteroatoms. The van der Waals surface area contributed by atoms with Gasteiger partial charge in [-0.3, -0.25) is 9.78 Å². The first-order chi connectivity index (χ1) is 11.4. The largest absolute Gasteiger partial charge is 0.416 e. The second kappa shape index (κ2) is 6.24. The van der Waals surface area contributed by atoms with Crippen molar-refractivity contribution in [2.75, 3.05) is 6.54 Å². The van der Waals surface area contributed by atoms with Gasteiger partial charge in [-0.05, 0) is 36.2 Å². The summed E-state index contributed by atoms with van der Waals surface area (Å²) in [5.41, 5.74) is -0.0162. The molecule has 126 valence electrons. The normalized spacial score (nSPS) is 21.1. The zero-order valence-corrected chi connectivity index (χ0v) is 12.6. The Morgan fingerprint density at radius 2 is 1.92 bits per heavy atom. The number of aliphatic hydroxyl groups excluding tert-OH is 1. The van der Waals surface area contributed by atoms with E-state index in [1.54, 1.807) is 6.07 Å². The minimum absolute atomic E-state index is 0.0854. The molecule has 0 bridgehead atoms. The van der Waals surface area contributed by atoms with Crippen molar-refractivity contribution in [2.45, 2.75) is 24.7 Å². The fraction of sp³-hybridized carbons (Fsp3) is 0.294. The molecule has 0 spiro atoms. The van der Waals surface area contributed by atoms with Crippen LogP contribution in [-0.4, -0.2) is 33.5 Å². The van der Waals surface area contributed by atoms with Crippen LogP contribution < -0.4 is 0 Å². The minimum Gasteiger partial charge on any atom is -0.391 e. The monoisotopic (exact) mass is 336 g/mol. The van der Waals surface area contributed by atoms with E-state index in [1.807, 2.05) is 0 Å². The summed E-state index contributed by atoms with van der Waals surface area (Å²) in [6, 6.07) is 7.37. The molecule has 1 amide bonds. The molecule has 2 atom stereocenters. The Morgan fingerprint density at radius 3 is 2.58 bits per heavy atom. The van der Waals surface area contributed by atoms with Gasteiger partial charge in [-0.1, -0.05) is 12.1 Å². The summed E-state index contributed by atoms with van der Waals surface area (Å²) in [5, 5.41) is 9.93. The lowest BCUT2D eigenvalue weighted by Gasteiger charge is -2.25. The van der Waals surface area contributed by atoms with Gasteiger partial charge in [0, 0.05) is 24.5 Å². The van der Waals surface area contributed by atoms with Crippen LogP contribution in [0.2, 0.25) is 0 Å². The summed E-state index contributed by atoms with van der Waals surface area (Å²) in [6.07, 6.45) is -2.07.